The van der Waals surface area contributed by atoms with Crippen LogP contribution >= 0.6 is 0 Å². The second-order valence-corrected chi connectivity index (χ2v) is 5.51. The second kappa shape index (κ2) is 6.79. The number of anilines is 1. The lowest BCUT2D eigenvalue weighted by atomic mass is 10.1. The van der Waals surface area contributed by atoms with E-state index in [0.717, 1.165) is 45.2 Å². The first-order valence-electron chi connectivity index (χ1n) is 7.54. The number of nitrogens with zero attached hydrogens (tertiary/aromatic N) is 2. The Kier molecular flexibility index (Phi) is 5.06. The molecule has 112 valence electrons. The zero-order chi connectivity index (χ0) is 14.5. The Morgan fingerprint density at radius 1 is 1.55 bits per heavy atom. The van der Waals surface area contributed by atoms with E-state index < -0.39 is 0 Å². The maximum absolute atomic E-state index is 12.7. The molecule has 1 aromatic heterocycles. The van der Waals surface area contributed by atoms with Gasteiger partial charge in [0.1, 0.15) is 5.69 Å². The summed E-state index contributed by atoms with van der Waals surface area (Å²) in [6.45, 7) is 3.90. The zero-order valence-electron chi connectivity index (χ0n) is 12.2. The number of rotatable bonds is 6. The van der Waals surface area contributed by atoms with Crippen molar-refractivity contribution in [3.05, 3.63) is 18.0 Å². The van der Waals surface area contributed by atoms with Gasteiger partial charge in [-0.2, -0.15) is 0 Å². The summed E-state index contributed by atoms with van der Waals surface area (Å²) in [5.74, 6) is 0.0792. The largest absolute Gasteiger partial charge is 0.397 e. The Morgan fingerprint density at radius 2 is 2.35 bits per heavy atom. The monoisotopic (exact) mass is 279 g/mol. The van der Waals surface area contributed by atoms with Crippen LogP contribution in [0, 0.1) is 0 Å². The number of carbonyl (C=O) groups is 1. The minimum absolute atomic E-state index is 0.0792. The summed E-state index contributed by atoms with van der Waals surface area (Å²) in [5, 5.41) is 8.96. The van der Waals surface area contributed by atoms with Crippen molar-refractivity contribution in [1.29, 1.82) is 0 Å². The number of nitrogen functional groups attached to an aromatic ring is 1. The van der Waals surface area contributed by atoms with Gasteiger partial charge in [0.05, 0.1) is 5.69 Å². The van der Waals surface area contributed by atoms with E-state index in [2.05, 4.69) is 6.92 Å². The fourth-order valence-electron chi connectivity index (χ4n) is 3.02. The predicted octanol–water partition coefficient (Wildman–Crippen LogP) is 1.86. The average molecular weight is 279 g/mol. The van der Waals surface area contributed by atoms with E-state index in [0.29, 0.717) is 11.4 Å². The number of aliphatic hydroxyl groups excluding tert-OH is 1. The van der Waals surface area contributed by atoms with Crippen molar-refractivity contribution in [1.82, 2.24) is 9.47 Å². The van der Waals surface area contributed by atoms with Crippen molar-refractivity contribution in [2.24, 2.45) is 0 Å². The molecule has 1 unspecified atom stereocenters. The topological polar surface area (TPSA) is 71.5 Å². The minimum atomic E-state index is 0.0792. The molecule has 2 rings (SSSR count). The average Bonchev–Trinajstić information content (AvgIpc) is 3.02. The first-order chi connectivity index (χ1) is 9.67. The summed E-state index contributed by atoms with van der Waals surface area (Å²) < 4.78 is 1.96. The van der Waals surface area contributed by atoms with Gasteiger partial charge in [-0.3, -0.25) is 4.79 Å². The van der Waals surface area contributed by atoms with Gasteiger partial charge in [-0.25, -0.2) is 0 Å². The van der Waals surface area contributed by atoms with E-state index in [1.807, 2.05) is 15.7 Å². The number of aliphatic hydroxyl groups is 1. The number of aryl methyl sites for hydroxylation is 1. The summed E-state index contributed by atoms with van der Waals surface area (Å²) in [6.07, 6.45) is 6.54. The molecule has 1 fully saturated rings. The van der Waals surface area contributed by atoms with E-state index in [4.69, 9.17) is 10.8 Å². The van der Waals surface area contributed by atoms with Crippen molar-refractivity contribution >= 4 is 11.6 Å². The first kappa shape index (κ1) is 14.9. The summed E-state index contributed by atoms with van der Waals surface area (Å²) in [7, 11) is 0. The van der Waals surface area contributed by atoms with E-state index in [9.17, 15) is 4.79 Å². The highest BCUT2D eigenvalue weighted by Crippen LogP contribution is 2.24. The Hall–Kier alpha value is -1.49. The SMILES string of the molecule is CCCn1cc(N)cc1C(=O)N1CCCC1CCCO. The number of nitrogens with two attached hydrogens (primary N) is 1. The Morgan fingerprint density at radius 3 is 3.05 bits per heavy atom. The molecule has 0 radical (unpaired) electrons. The molecule has 1 aliphatic heterocycles. The third-order valence-electron chi connectivity index (χ3n) is 3.93. The van der Waals surface area contributed by atoms with Crippen LogP contribution in [-0.2, 0) is 6.54 Å². The fourth-order valence-corrected chi connectivity index (χ4v) is 3.02. The van der Waals surface area contributed by atoms with Crippen molar-refractivity contribution in [3.63, 3.8) is 0 Å². The van der Waals surface area contributed by atoms with Crippen LogP contribution in [0.5, 0.6) is 0 Å². The van der Waals surface area contributed by atoms with Gasteiger partial charge in [-0.05, 0) is 38.2 Å². The van der Waals surface area contributed by atoms with Crippen molar-refractivity contribution in [3.8, 4) is 0 Å². The van der Waals surface area contributed by atoms with Crippen molar-refractivity contribution in [2.75, 3.05) is 18.9 Å². The van der Waals surface area contributed by atoms with Gasteiger partial charge in [0.25, 0.3) is 5.91 Å². The van der Waals surface area contributed by atoms with Crippen molar-refractivity contribution < 1.29 is 9.90 Å². The van der Waals surface area contributed by atoms with E-state index in [1.165, 1.54) is 0 Å². The number of amides is 1. The third kappa shape index (κ3) is 3.15. The molecule has 1 atom stereocenters. The molecule has 1 amide bonds. The normalized spacial score (nSPS) is 18.7. The number of likely N-dealkylation sites (tertiary alicyclic amines) is 1. The lowest BCUT2D eigenvalue weighted by Gasteiger charge is -2.25. The molecule has 0 bridgehead atoms. The second-order valence-electron chi connectivity index (χ2n) is 5.51. The van der Waals surface area contributed by atoms with Gasteiger partial charge < -0.3 is 20.3 Å². The maximum Gasteiger partial charge on any atom is 0.270 e. The molecule has 20 heavy (non-hydrogen) atoms. The fraction of sp³-hybridized carbons (Fsp3) is 0.667. The molecule has 1 aromatic rings. The van der Waals surface area contributed by atoms with Gasteiger partial charge >= 0.3 is 0 Å². The molecule has 1 saturated heterocycles. The predicted molar refractivity (Wildman–Crippen MR) is 79.5 cm³/mol. The Bertz CT molecular complexity index is 456. The van der Waals surface area contributed by atoms with Crippen LogP contribution in [0.15, 0.2) is 12.3 Å². The summed E-state index contributed by atoms with van der Waals surface area (Å²) in [5.41, 5.74) is 7.18. The Balaban J connectivity index is 2.13. The maximum atomic E-state index is 12.7. The van der Waals surface area contributed by atoms with Crippen molar-refractivity contribution in [2.45, 2.75) is 51.6 Å². The van der Waals surface area contributed by atoms with Gasteiger partial charge in [0.15, 0.2) is 0 Å². The lowest BCUT2D eigenvalue weighted by Crippen LogP contribution is -2.36. The molecule has 2 heterocycles. The van der Waals surface area contributed by atoms with Crippen LogP contribution in [0.2, 0.25) is 0 Å². The highest BCUT2D eigenvalue weighted by molar-refractivity contribution is 5.94. The zero-order valence-corrected chi connectivity index (χ0v) is 12.2. The smallest absolute Gasteiger partial charge is 0.270 e. The molecule has 5 heteroatoms. The van der Waals surface area contributed by atoms with Gasteiger partial charge in [-0.1, -0.05) is 6.92 Å². The number of carbonyl (C=O) groups excluding carboxylic acids is 1. The molecule has 0 spiro atoms. The molecule has 5 nitrogen and oxygen atoms in total. The lowest BCUT2D eigenvalue weighted by molar-refractivity contribution is 0.0713. The van der Waals surface area contributed by atoms with Crippen LogP contribution in [0.4, 0.5) is 5.69 Å². The van der Waals surface area contributed by atoms with E-state index in [1.54, 1.807) is 6.07 Å². The highest BCUT2D eigenvalue weighted by atomic mass is 16.3. The summed E-state index contributed by atoms with van der Waals surface area (Å²) in [6, 6.07) is 2.04. The number of hydrogen-bond donors (Lipinski definition) is 2. The first-order valence-corrected chi connectivity index (χ1v) is 7.54. The number of aromatic nitrogens is 1. The van der Waals surface area contributed by atoms with Crippen LogP contribution in [-0.4, -0.2) is 39.7 Å². The molecule has 0 aliphatic carbocycles. The van der Waals surface area contributed by atoms with Crippen LogP contribution in [0.1, 0.15) is 49.5 Å². The summed E-state index contributed by atoms with van der Waals surface area (Å²) >= 11 is 0. The highest BCUT2D eigenvalue weighted by Gasteiger charge is 2.30. The van der Waals surface area contributed by atoms with E-state index >= 15 is 0 Å². The molecule has 0 aromatic carbocycles. The van der Waals surface area contributed by atoms with Crippen LogP contribution in [0.25, 0.3) is 0 Å². The molecule has 0 saturated carbocycles. The molecular formula is C15H25N3O2. The quantitative estimate of drug-likeness (QED) is 0.835. The summed E-state index contributed by atoms with van der Waals surface area (Å²) in [4.78, 5) is 14.7. The molecule has 1 aliphatic rings. The Labute approximate surface area is 120 Å². The van der Waals surface area contributed by atoms with Crippen LogP contribution < -0.4 is 5.73 Å². The third-order valence-corrected chi connectivity index (χ3v) is 3.93. The standard InChI is InChI=1S/C15H25N3O2/c1-2-7-17-11-12(16)10-14(17)15(20)18-8-3-5-13(18)6-4-9-19/h10-11,13,19H,2-9,16H2,1H3. The number of hydrogen-bond acceptors (Lipinski definition) is 3. The van der Waals surface area contributed by atoms with E-state index in [-0.39, 0.29) is 18.6 Å². The molecular weight excluding hydrogens is 254 g/mol. The molecule has 3 N–H and O–H groups in total. The van der Waals surface area contributed by atoms with Gasteiger partial charge in [0, 0.05) is 31.9 Å². The van der Waals surface area contributed by atoms with Gasteiger partial charge in [-0.15, -0.1) is 0 Å². The minimum Gasteiger partial charge on any atom is -0.397 e. The van der Waals surface area contributed by atoms with Gasteiger partial charge in [0.2, 0.25) is 0 Å². The van der Waals surface area contributed by atoms with Crippen LogP contribution in [0.3, 0.4) is 0 Å².